The highest BCUT2D eigenvalue weighted by molar-refractivity contribution is 7.91. The number of amides is 1. The van der Waals surface area contributed by atoms with Crippen LogP contribution in [0, 0.1) is 5.92 Å². The number of ether oxygens (including phenoxy) is 1. The maximum absolute atomic E-state index is 11.7. The fraction of sp³-hybridized carbons (Fsp3) is 0.615. The molecular formula is C13H19NO5S. The highest BCUT2D eigenvalue weighted by Gasteiger charge is 2.32. The predicted molar refractivity (Wildman–Crippen MR) is 72.8 cm³/mol. The van der Waals surface area contributed by atoms with Crippen molar-refractivity contribution in [1.29, 1.82) is 0 Å². The van der Waals surface area contributed by atoms with Gasteiger partial charge in [0.05, 0.1) is 23.7 Å². The molecule has 1 aliphatic rings. The Labute approximate surface area is 118 Å². The van der Waals surface area contributed by atoms with Crippen molar-refractivity contribution >= 4 is 15.7 Å². The van der Waals surface area contributed by atoms with Gasteiger partial charge in [0.1, 0.15) is 12.4 Å². The SMILES string of the molecule is O=C(NCCCOCc1ccco1)[C@H]1CCS(=O)(=O)C1. The second-order valence-corrected chi connectivity index (χ2v) is 7.11. The second kappa shape index (κ2) is 6.90. The van der Waals surface area contributed by atoms with E-state index >= 15 is 0 Å². The highest BCUT2D eigenvalue weighted by Crippen LogP contribution is 2.18. The van der Waals surface area contributed by atoms with Crippen LogP contribution >= 0.6 is 0 Å². The fourth-order valence-corrected chi connectivity index (χ4v) is 3.84. The molecule has 1 atom stereocenters. The third-order valence-corrected chi connectivity index (χ3v) is 4.96. The zero-order valence-electron chi connectivity index (χ0n) is 11.2. The van der Waals surface area contributed by atoms with Gasteiger partial charge in [0, 0.05) is 13.2 Å². The van der Waals surface area contributed by atoms with E-state index in [0.717, 1.165) is 5.76 Å². The van der Waals surface area contributed by atoms with Crippen molar-refractivity contribution in [2.24, 2.45) is 5.92 Å². The zero-order valence-corrected chi connectivity index (χ0v) is 12.0. The lowest BCUT2D eigenvalue weighted by Gasteiger charge is -2.09. The van der Waals surface area contributed by atoms with Gasteiger partial charge >= 0.3 is 0 Å². The Kier molecular flexibility index (Phi) is 5.19. The molecule has 0 radical (unpaired) electrons. The molecule has 0 spiro atoms. The van der Waals surface area contributed by atoms with Crippen molar-refractivity contribution in [2.75, 3.05) is 24.7 Å². The molecule has 0 aromatic carbocycles. The summed E-state index contributed by atoms with van der Waals surface area (Å²) in [7, 11) is -3.00. The highest BCUT2D eigenvalue weighted by atomic mass is 32.2. The van der Waals surface area contributed by atoms with Gasteiger partial charge in [-0.05, 0) is 25.0 Å². The number of sulfone groups is 1. The standard InChI is InChI=1S/C13H19NO5S/c15-13(11-4-8-20(16,17)10-11)14-5-2-6-18-9-12-3-1-7-19-12/h1,3,7,11H,2,4-6,8-10H2,(H,14,15)/t11-/m0/s1. The quantitative estimate of drug-likeness (QED) is 0.751. The van der Waals surface area contributed by atoms with Crippen LogP contribution in [0.2, 0.25) is 0 Å². The lowest BCUT2D eigenvalue weighted by molar-refractivity contribution is -0.124. The van der Waals surface area contributed by atoms with Crippen molar-refractivity contribution in [2.45, 2.75) is 19.4 Å². The van der Waals surface area contributed by atoms with Crippen molar-refractivity contribution in [3.05, 3.63) is 24.2 Å². The van der Waals surface area contributed by atoms with Gasteiger partial charge in [-0.1, -0.05) is 0 Å². The first-order chi connectivity index (χ1) is 9.57. The number of nitrogens with one attached hydrogen (secondary N) is 1. The van der Waals surface area contributed by atoms with Crippen LogP contribution in [0.15, 0.2) is 22.8 Å². The van der Waals surface area contributed by atoms with E-state index in [4.69, 9.17) is 9.15 Å². The van der Waals surface area contributed by atoms with Gasteiger partial charge in [-0.2, -0.15) is 0 Å². The van der Waals surface area contributed by atoms with Crippen LogP contribution in [0.1, 0.15) is 18.6 Å². The largest absolute Gasteiger partial charge is 0.467 e. The molecule has 0 bridgehead atoms. The van der Waals surface area contributed by atoms with E-state index in [9.17, 15) is 13.2 Å². The van der Waals surface area contributed by atoms with E-state index in [0.29, 0.717) is 32.6 Å². The molecule has 2 rings (SSSR count). The molecule has 1 N–H and O–H groups in total. The summed E-state index contributed by atoms with van der Waals surface area (Å²) in [5.74, 6) is 0.317. The Bertz CT molecular complexity index is 523. The Hall–Kier alpha value is -1.34. The molecule has 1 amide bonds. The number of hydrogen-bond acceptors (Lipinski definition) is 5. The van der Waals surface area contributed by atoms with E-state index in [1.54, 1.807) is 12.3 Å². The van der Waals surface area contributed by atoms with Gasteiger partial charge in [0.15, 0.2) is 9.84 Å². The summed E-state index contributed by atoms with van der Waals surface area (Å²) >= 11 is 0. The maximum atomic E-state index is 11.7. The lowest BCUT2D eigenvalue weighted by Crippen LogP contribution is -2.32. The molecule has 1 saturated heterocycles. The summed E-state index contributed by atoms with van der Waals surface area (Å²) in [6, 6.07) is 3.64. The Morgan fingerprint density at radius 2 is 2.35 bits per heavy atom. The summed E-state index contributed by atoms with van der Waals surface area (Å²) in [5, 5.41) is 2.75. The topological polar surface area (TPSA) is 85.6 Å². The first-order valence-electron chi connectivity index (χ1n) is 6.65. The van der Waals surface area contributed by atoms with Gasteiger partial charge in [-0.25, -0.2) is 8.42 Å². The molecule has 1 fully saturated rings. The molecule has 0 aliphatic carbocycles. The second-order valence-electron chi connectivity index (χ2n) is 4.88. The van der Waals surface area contributed by atoms with Crippen molar-refractivity contribution in [3.8, 4) is 0 Å². The van der Waals surface area contributed by atoms with E-state index in [1.165, 1.54) is 0 Å². The molecule has 0 unspecified atom stereocenters. The molecule has 1 aromatic heterocycles. The Balaban J connectivity index is 1.54. The van der Waals surface area contributed by atoms with Gasteiger partial charge in [-0.3, -0.25) is 4.79 Å². The first-order valence-corrected chi connectivity index (χ1v) is 8.47. The lowest BCUT2D eigenvalue weighted by atomic mass is 10.1. The normalized spacial score (nSPS) is 20.9. The average Bonchev–Trinajstić information content (AvgIpc) is 3.02. The summed E-state index contributed by atoms with van der Waals surface area (Å²) < 4.78 is 33.0. The van der Waals surface area contributed by atoms with Crippen molar-refractivity contribution in [3.63, 3.8) is 0 Å². The van der Waals surface area contributed by atoms with Crippen LogP contribution < -0.4 is 5.32 Å². The first kappa shape index (κ1) is 15.1. The van der Waals surface area contributed by atoms with E-state index in [2.05, 4.69) is 5.32 Å². The smallest absolute Gasteiger partial charge is 0.224 e. The molecule has 112 valence electrons. The molecular weight excluding hydrogens is 282 g/mol. The van der Waals surface area contributed by atoms with Crippen LogP contribution in [0.4, 0.5) is 0 Å². The molecule has 20 heavy (non-hydrogen) atoms. The molecule has 0 saturated carbocycles. The van der Waals surface area contributed by atoms with Gasteiger partial charge in [-0.15, -0.1) is 0 Å². The third-order valence-electron chi connectivity index (χ3n) is 3.19. The van der Waals surface area contributed by atoms with Crippen LogP contribution in [-0.4, -0.2) is 39.0 Å². The monoisotopic (exact) mass is 301 g/mol. The maximum Gasteiger partial charge on any atom is 0.224 e. The minimum absolute atomic E-state index is 0.0200. The van der Waals surface area contributed by atoms with Crippen molar-refractivity contribution in [1.82, 2.24) is 5.32 Å². The van der Waals surface area contributed by atoms with Crippen molar-refractivity contribution < 1.29 is 22.4 Å². The summed E-state index contributed by atoms with van der Waals surface area (Å²) in [5.41, 5.74) is 0. The summed E-state index contributed by atoms with van der Waals surface area (Å²) in [4.78, 5) is 11.7. The summed E-state index contributed by atoms with van der Waals surface area (Å²) in [6.07, 6.45) is 2.71. The predicted octanol–water partition coefficient (Wildman–Crippen LogP) is 0.737. The molecule has 1 aromatic rings. The molecule has 1 aliphatic heterocycles. The number of furan rings is 1. The van der Waals surface area contributed by atoms with Gasteiger partial charge in [0.25, 0.3) is 0 Å². The Morgan fingerprint density at radius 3 is 3.00 bits per heavy atom. The van der Waals surface area contributed by atoms with Gasteiger partial charge in [0.2, 0.25) is 5.91 Å². The fourth-order valence-electron chi connectivity index (χ4n) is 2.10. The Morgan fingerprint density at radius 1 is 1.50 bits per heavy atom. The summed E-state index contributed by atoms with van der Waals surface area (Å²) in [6.45, 7) is 1.43. The number of carbonyl (C=O) groups is 1. The number of hydrogen-bond donors (Lipinski definition) is 1. The van der Waals surface area contributed by atoms with E-state index in [-0.39, 0.29) is 23.3 Å². The molecule has 7 heteroatoms. The minimum atomic E-state index is -3.00. The third kappa shape index (κ3) is 4.64. The average molecular weight is 301 g/mol. The van der Waals surface area contributed by atoms with Crippen LogP contribution in [0.3, 0.4) is 0 Å². The number of rotatable bonds is 7. The van der Waals surface area contributed by atoms with Crippen LogP contribution in [0.25, 0.3) is 0 Å². The van der Waals surface area contributed by atoms with E-state index < -0.39 is 9.84 Å². The molecule has 6 nitrogen and oxygen atoms in total. The van der Waals surface area contributed by atoms with Gasteiger partial charge < -0.3 is 14.5 Å². The molecule has 2 heterocycles. The zero-order chi connectivity index (χ0) is 14.4. The number of carbonyl (C=O) groups excluding carboxylic acids is 1. The van der Waals surface area contributed by atoms with E-state index in [1.807, 2.05) is 6.07 Å². The van der Waals surface area contributed by atoms with Crippen LogP contribution in [0.5, 0.6) is 0 Å². The minimum Gasteiger partial charge on any atom is -0.467 e. The van der Waals surface area contributed by atoms with Crippen LogP contribution in [-0.2, 0) is 26.0 Å².